The molecule has 0 aliphatic carbocycles. The fourth-order valence-electron chi connectivity index (χ4n) is 1.24. The predicted octanol–water partition coefficient (Wildman–Crippen LogP) is 0.723. The van der Waals surface area contributed by atoms with Crippen molar-refractivity contribution >= 4 is 26.1 Å². The van der Waals surface area contributed by atoms with Crippen LogP contribution >= 0.6 is 7.60 Å². The van der Waals surface area contributed by atoms with Crippen molar-refractivity contribution in [2.45, 2.75) is 24.8 Å². The molecule has 0 saturated heterocycles. The molecular weight excluding hydrogens is 319 g/mol. The second kappa shape index (κ2) is 8.29. The van der Waals surface area contributed by atoms with Gasteiger partial charge in [0.05, 0.1) is 6.61 Å². The first-order chi connectivity index (χ1) is 9.52. The van der Waals surface area contributed by atoms with E-state index in [4.69, 9.17) is 25.1 Å². The van der Waals surface area contributed by atoms with Gasteiger partial charge in [-0.25, -0.2) is 14.4 Å². The summed E-state index contributed by atoms with van der Waals surface area (Å²) < 4.78 is 23.4. The van der Waals surface area contributed by atoms with Gasteiger partial charge in [-0.3, -0.25) is 4.57 Å². The van der Waals surface area contributed by atoms with Gasteiger partial charge in [-0.1, -0.05) is 0 Å². The van der Waals surface area contributed by atoms with Gasteiger partial charge in [0.2, 0.25) is 5.85 Å². The number of carbonyl (C=O) groups is 3. The van der Waals surface area contributed by atoms with E-state index >= 15 is 0 Å². The van der Waals surface area contributed by atoms with E-state index in [0.29, 0.717) is 0 Å². The second-order valence-corrected chi connectivity index (χ2v) is 5.33. The van der Waals surface area contributed by atoms with Gasteiger partial charge in [0.1, 0.15) is 6.10 Å². The molecule has 0 aliphatic rings. The van der Waals surface area contributed by atoms with Gasteiger partial charge >= 0.3 is 26.1 Å². The van der Waals surface area contributed by atoms with E-state index in [-0.39, 0.29) is 6.42 Å². The molecule has 5 N–H and O–H groups in total. The largest absolute Gasteiger partial charge is 0.506 e. The topological polar surface area (TPSA) is 197 Å². The molecule has 0 rings (SSSR count). The minimum Gasteiger partial charge on any atom is -0.450 e. The first-order valence-electron chi connectivity index (χ1n) is 5.22. The third kappa shape index (κ3) is 9.49. The molecule has 122 valence electrons. The SMILES string of the molecule is O=C(O)OCCC(CC(OC(=O)O)P(=O)(O)O)OC(=O)O. The van der Waals surface area contributed by atoms with Crippen molar-refractivity contribution in [3.05, 3.63) is 0 Å². The van der Waals surface area contributed by atoms with Crippen molar-refractivity contribution in [2.24, 2.45) is 0 Å². The minimum absolute atomic E-state index is 0.377. The number of carboxylic acid groups (broad SMARTS) is 3. The zero-order valence-electron chi connectivity index (χ0n) is 10.3. The highest BCUT2D eigenvalue weighted by molar-refractivity contribution is 7.52. The average molecular weight is 332 g/mol. The molecule has 0 heterocycles. The lowest BCUT2D eigenvalue weighted by atomic mass is 10.2. The van der Waals surface area contributed by atoms with Crippen LogP contribution in [0.15, 0.2) is 0 Å². The zero-order chi connectivity index (χ0) is 16.6. The van der Waals surface area contributed by atoms with Crippen LogP contribution in [0.3, 0.4) is 0 Å². The highest BCUT2D eigenvalue weighted by Gasteiger charge is 2.36. The molecule has 0 amide bonds. The van der Waals surface area contributed by atoms with E-state index in [0.717, 1.165) is 0 Å². The van der Waals surface area contributed by atoms with E-state index in [1.54, 1.807) is 0 Å². The molecule has 13 heteroatoms. The summed E-state index contributed by atoms with van der Waals surface area (Å²) in [4.78, 5) is 48.7. The van der Waals surface area contributed by atoms with Crippen molar-refractivity contribution in [3.63, 3.8) is 0 Å². The molecule has 0 radical (unpaired) electrons. The Balaban J connectivity index is 4.78. The number of hydrogen-bond acceptors (Lipinski definition) is 7. The third-order valence-electron chi connectivity index (χ3n) is 2.01. The lowest BCUT2D eigenvalue weighted by molar-refractivity contribution is 0.00626. The van der Waals surface area contributed by atoms with E-state index in [9.17, 15) is 18.9 Å². The Morgan fingerprint density at radius 2 is 1.48 bits per heavy atom. The summed E-state index contributed by atoms with van der Waals surface area (Å²) in [6.07, 6.45) is -8.02. The summed E-state index contributed by atoms with van der Waals surface area (Å²) in [5.41, 5.74) is 0. The highest BCUT2D eigenvalue weighted by Crippen LogP contribution is 2.44. The molecule has 21 heavy (non-hydrogen) atoms. The van der Waals surface area contributed by atoms with E-state index in [1.165, 1.54) is 0 Å². The van der Waals surface area contributed by atoms with Crippen LogP contribution in [0.25, 0.3) is 0 Å². The van der Waals surface area contributed by atoms with E-state index in [2.05, 4.69) is 14.2 Å². The van der Waals surface area contributed by atoms with Crippen molar-refractivity contribution in [1.82, 2.24) is 0 Å². The summed E-state index contributed by atoms with van der Waals surface area (Å²) in [5.74, 6) is -2.15. The fraction of sp³-hybridized carbons (Fsp3) is 0.625. The summed E-state index contributed by atoms with van der Waals surface area (Å²) in [7, 11) is -5.01. The van der Waals surface area contributed by atoms with Gasteiger partial charge in [0.25, 0.3) is 0 Å². The average Bonchev–Trinajstić information content (AvgIpc) is 2.24. The van der Waals surface area contributed by atoms with Crippen molar-refractivity contribution < 1.29 is 58.3 Å². The zero-order valence-corrected chi connectivity index (χ0v) is 11.2. The summed E-state index contributed by atoms with van der Waals surface area (Å²) in [5, 5.41) is 25.1. The quantitative estimate of drug-likeness (QED) is 0.237. The Labute approximate surface area is 117 Å². The van der Waals surface area contributed by atoms with Crippen molar-refractivity contribution in [3.8, 4) is 0 Å². The minimum atomic E-state index is -5.01. The van der Waals surface area contributed by atoms with Gasteiger partial charge in [0, 0.05) is 12.8 Å². The van der Waals surface area contributed by atoms with Gasteiger partial charge in [0.15, 0.2) is 0 Å². The molecule has 0 aromatic carbocycles. The molecule has 0 saturated carbocycles. The molecule has 2 atom stereocenters. The maximum atomic E-state index is 11.0. The van der Waals surface area contributed by atoms with E-state index < -0.39 is 51.0 Å². The van der Waals surface area contributed by atoms with E-state index in [1.807, 2.05) is 0 Å². The Kier molecular flexibility index (Phi) is 7.49. The number of rotatable bonds is 8. The van der Waals surface area contributed by atoms with Crippen LogP contribution in [0.5, 0.6) is 0 Å². The molecule has 2 unspecified atom stereocenters. The Hall–Kier alpha value is -2.04. The van der Waals surface area contributed by atoms with Crippen molar-refractivity contribution in [1.29, 1.82) is 0 Å². The summed E-state index contributed by atoms with van der Waals surface area (Å²) in [6.45, 7) is -0.520. The maximum Gasteiger partial charge on any atom is 0.506 e. The molecule has 0 aromatic heterocycles. The highest BCUT2D eigenvalue weighted by atomic mass is 31.2. The molecule has 0 aliphatic heterocycles. The monoisotopic (exact) mass is 332 g/mol. The molecule has 0 fully saturated rings. The first kappa shape index (κ1) is 19.0. The predicted molar refractivity (Wildman–Crippen MR) is 61.1 cm³/mol. The van der Waals surface area contributed by atoms with Crippen LogP contribution in [0.1, 0.15) is 12.8 Å². The van der Waals surface area contributed by atoms with Gasteiger partial charge < -0.3 is 39.3 Å². The van der Waals surface area contributed by atoms with Crippen LogP contribution in [0.4, 0.5) is 14.4 Å². The molecule has 0 aromatic rings. The molecule has 0 spiro atoms. The van der Waals surface area contributed by atoms with Crippen LogP contribution in [0.2, 0.25) is 0 Å². The molecular formula is C8H13O12P. The van der Waals surface area contributed by atoms with Crippen LogP contribution < -0.4 is 0 Å². The van der Waals surface area contributed by atoms with Crippen LogP contribution in [0, 0.1) is 0 Å². The molecule has 0 bridgehead atoms. The smallest absolute Gasteiger partial charge is 0.450 e. The van der Waals surface area contributed by atoms with Crippen LogP contribution in [-0.4, -0.2) is 62.1 Å². The molecule has 12 nitrogen and oxygen atoms in total. The third-order valence-corrected chi connectivity index (χ3v) is 3.08. The lowest BCUT2D eigenvalue weighted by Gasteiger charge is -2.22. The number of ether oxygens (including phenoxy) is 3. The van der Waals surface area contributed by atoms with Crippen molar-refractivity contribution in [2.75, 3.05) is 6.61 Å². The summed E-state index contributed by atoms with van der Waals surface area (Å²) in [6, 6.07) is 0. The fourth-order valence-corrected chi connectivity index (χ4v) is 1.98. The standard InChI is InChI=1S/C8H13O12P/c9-6(10)18-2-1-4(19-7(11)12)3-5(20-8(13)14)21(15,16)17/h4-5H,1-3H2,(H,9,10)(H,11,12)(H,13,14)(H2,15,16,17). The van der Waals surface area contributed by atoms with Gasteiger partial charge in [-0.15, -0.1) is 0 Å². The van der Waals surface area contributed by atoms with Crippen LogP contribution in [-0.2, 0) is 18.8 Å². The lowest BCUT2D eigenvalue weighted by Crippen LogP contribution is -2.28. The van der Waals surface area contributed by atoms with Gasteiger partial charge in [-0.05, 0) is 0 Å². The number of hydrogen-bond donors (Lipinski definition) is 5. The Morgan fingerprint density at radius 3 is 1.86 bits per heavy atom. The maximum absolute atomic E-state index is 11.0. The normalized spacial score (nSPS) is 13.8. The first-order valence-corrected chi connectivity index (χ1v) is 6.90. The Morgan fingerprint density at radius 1 is 0.952 bits per heavy atom. The second-order valence-electron chi connectivity index (χ2n) is 3.57. The summed E-state index contributed by atoms with van der Waals surface area (Å²) >= 11 is 0. The Bertz CT molecular complexity index is 427. The van der Waals surface area contributed by atoms with Gasteiger partial charge in [-0.2, -0.15) is 0 Å².